The van der Waals surface area contributed by atoms with Gasteiger partial charge in [-0.1, -0.05) is 25.4 Å². The van der Waals surface area contributed by atoms with Gasteiger partial charge in [-0.05, 0) is 43.2 Å². The second-order valence-corrected chi connectivity index (χ2v) is 7.81. The molecular weight excluding hydrogens is 454 g/mol. The van der Waals surface area contributed by atoms with E-state index in [0.717, 1.165) is 12.1 Å². The van der Waals surface area contributed by atoms with Gasteiger partial charge in [0.1, 0.15) is 6.04 Å². The van der Waals surface area contributed by atoms with Crippen molar-refractivity contribution in [3.05, 3.63) is 68.7 Å². The number of rotatable bonds is 9. The maximum atomic E-state index is 12.6. The van der Waals surface area contributed by atoms with Crippen molar-refractivity contribution in [3.63, 3.8) is 0 Å². The molecule has 10 nitrogen and oxygen atoms in total. The molecule has 0 aromatic heterocycles. The first kappa shape index (κ1) is 25.5. The Kier molecular flexibility index (Phi) is 8.63. The van der Waals surface area contributed by atoms with Crippen LogP contribution in [0, 0.1) is 16.0 Å². The Labute approximate surface area is 194 Å². The Morgan fingerprint density at radius 1 is 1.09 bits per heavy atom. The number of benzene rings is 2. The highest BCUT2D eigenvalue weighted by atomic mass is 35.5. The van der Waals surface area contributed by atoms with Crippen molar-refractivity contribution in [1.82, 2.24) is 5.32 Å². The van der Waals surface area contributed by atoms with Gasteiger partial charge in [0.05, 0.1) is 15.5 Å². The number of nitrogens with one attached hydrogen (secondary N) is 2. The summed E-state index contributed by atoms with van der Waals surface area (Å²) in [5.74, 6) is -2.80. The number of nitro groups is 1. The lowest BCUT2D eigenvalue weighted by molar-refractivity contribution is -0.384. The number of nitrogens with zero attached hydrogens (tertiary/aromatic N) is 1. The minimum Gasteiger partial charge on any atom is -0.454 e. The van der Waals surface area contributed by atoms with Gasteiger partial charge in [-0.25, -0.2) is 4.79 Å². The summed E-state index contributed by atoms with van der Waals surface area (Å²) in [4.78, 5) is 58.7. The highest BCUT2D eigenvalue weighted by Gasteiger charge is 2.28. The molecule has 2 N–H and O–H groups in total. The summed E-state index contributed by atoms with van der Waals surface area (Å²) in [6.07, 6.45) is 0. The molecule has 0 fully saturated rings. The number of halogens is 1. The summed E-state index contributed by atoms with van der Waals surface area (Å²) >= 11 is 5.97. The predicted octanol–water partition coefficient (Wildman–Crippen LogP) is 3.39. The number of hydrogen-bond donors (Lipinski definition) is 2. The van der Waals surface area contributed by atoms with Crippen LogP contribution in [0.15, 0.2) is 42.5 Å². The molecule has 0 unspecified atom stereocenters. The van der Waals surface area contributed by atoms with Gasteiger partial charge in [0, 0.05) is 23.4 Å². The molecule has 0 aliphatic carbocycles. The number of nitro benzene ring substituents is 1. The van der Waals surface area contributed by atoms with Crippen molar-refractivity contribution >= 4 is 46.5 Å². The maximum absolute atomic E-state index is 12.6. The monoisotopic (exact) mass is 475 g/mol. The topological polar surface area (TPSA) is 145 Å². The average Bonchev–Trinajstić information content (AvgIpc) is 2.75. The Balaban J connectivity index is 2.00. The third-order valence-electron chi connectivity index (χ3n) is 4.53. The van der Waals surface area contributed by atoms with Crippen LogP contribution in [0.2, 0.25) is 5.02 Å². The van der Waals surface area contributed by atoms with Crippen molar-refractivity contribution in [2.45, 2.75) is 26.8 Å². The number of carbonyl (C=O) groups excluding carboxylic acids is 4. The van der Waals surface area contributed by atoms with Crippen LogP contribution in [0.4, 0.5) is 11.4 Å². The molecule has 0 saturated heterocycles. The number of ether oxygens (including phenoxy) is 1. The largest absolute Gasteiger partial charge is 0.454 e. The first-order valence-corrected chi connectivity index (χ1v) is 10.2. The molecule has 11 heteroatoms. The van der Waals surface area contributed by atoms with E-state index in [1.54, 1.807) is 26.0 Å². The summed E-state index contributed by atoms with van der Waals surface area (Å²) in [5, 5.41) is 15.9. The zero-order valence-electron chi connectivity index (χ0n) is 18.1. The van der Waals surface area contributed by atoms with E-state index in [1.807, 2.05) is 0 Å². The number of carbonyl (C=O) groups is 4. The fourth-order valence-corrected chi connectivity index (χ4v) is 2.93. The van der Waals surface area contributed by atoms with Gasteiger partial charge in [-0.15, -0.1) is 0 Å². The average molecular weight is 476 g/mol. The highest BCUT2D eigenvalue weighted by molar-refractivity contribution is 6.34. The molecule has 2 amide bonds. The van der Waals surface area contributed by atoms with Crippen molar-refractivity contribution in [2.24, 2.45) is 5.92 Å². The number of esters is 1. The quantitative estimate of drug-likeness (QED) is 0.244. The molecule has 0 aliphatic heterocycles. The number of hydrogen-bond acceptors (Lipinski definition) is 7. The first-order valence-electron chi connectivity index (χ1n) is 9.82. The molecule has 0 radical (unpaired) electrons. The highest BCUT2D eigenvalue weighted by Crippen LogP contribution is 2.22. The maximum Gasteiger partial charge on any atom is 0.329 e. The van der Waals surface area contributed by atoms with Gasteiger partial charge in [0.2, 0.25) is 0 Å². The van der Waals surface area contributed by atoms with E-state index in [2.05, 4.69) is 10.6 Å². The Morgan fingerprint density at radius 3 is 2.27 bits per heavy atom. The summed E-state index contributed by atoms with van der Waals surface area (Å²) < 4.78 is 5.03. The van der Waals surface area contributed by atoms with E-state index >= 15 is 0 Å². The smallest absolute Gasteiger partial charge is 0.329 e. The Hall–Kier alpha value is -3.79. The SMILES string of the molecule is CC(=O)c1ccc(NC(=O)COC(=O)[C@@H](NC(=O)c2cc([N+](=O)[O-])ccc2Cl)C(C)C)cc1. The van der Waals surface area contributed by atoms with Crippen molar-refractivity contribution < 1.29 is 28.8 Å². The van der Waals surface area contributed by atoms with E-state index in [0.29, 0.717) is 11.3 Å². The van der Waals surface area contributed by atoms with Gasteiger partial charge in [-0.2, -0.15) is 0 Å². The van der Waals surface area contributed by atoms with Gasteiger partial charge >= 0.3 is 5.97 Å². The van der Waals surface area contributed by atoms with E-state index in [4.69, 9.17) is 16.3 Å². The summed E-state index contributed by atoms with van der Waals surface area (Å²) in [6, 6.07) is 8.42. The van der Waals surface area contributed by atoms with Crippen LogP contribution in [0.3, 0.4) is 0 Å². The van der Waals surface area contributed by atoms with Crippen LogP contribution in [0.25, 0.3) is 0 Å². The third kappa shape index (κ3) is 7.11. The molecule has 0 heterocycles. The van der Waals surface area contributed by atoms with Gasteiger partial charge in [-0.3, -0.25) is 24.5 Å². The molecule has 1 atom stereocenters. The van der Waals surface area contributed by atoms with Crippen LogP contribution in [0.5, 0.6) is 0 Å². The minimum absolute atomic E-state index is 0.0239. The first-order chi connectivity index (χ1) is 15.5. The lowest BCUT2D eigenvalue weighted by Gasteiger charge is -2.21. The molecule has 0 spiro atoms. The molecule has 2 rings (SSSR count). The van der Waals surface area contributed by atoms with Crippen LogP contribution in [0.1, 0.15) is 41.5 Å². The van der Waals surface area contributed by atoms with Gasteiger partial charge in [0.15, 0.2) is 12.4 Å². The van der Waals surface area contributed by atoms with Crippen LogP contribution in [-0.4, -0.2) is 41.1 Å². The third-order valence-corrected chi connectivity index (χ3v) is 4.86. The van der Waals surface area contributed by atoms with Crippen LogP contribution in [-0.2, 0) is 14.3 Å². The second-order valence-electron chi connectivity index (χ2n) is 7.41. The number of ketones is 1. The normalized spacial score (nSPS) is 11.4. The number of Topliss-reactive ketones (excluding diaryl/α,β-unsaturated/α-hetero) is 1. The fraction of sp³-hybridized carbons (Fsp3) is 0.273. The van der Waals surface area contributed by atoms with Crippen LogP contribution >= 0.6 is 11.6 Å². The van der Waals surface area contributed by atoms with Crippen LogP contribution < -0.4 is 10.6 Å². The van der Waals surface area contributed by atoms with E-state index < -0.39 is 41.3 Å². The van der Waals surface area contributed by atoms with E-state index in [1.165, 1.54) is 25.1 Å². The second kappa shape index (κ2) is 11.2. The number of amides is 2. The van der Waals surface area contributed by atoms with Crippen molar-refractivity contribution in [1.29, 1.82) is 0 Å². The zero-order chi connectivity index (χ0) is 24.7. The van der Waals surface area contributed by atoms with Crippen molar-refractivity contribution in [3.8, 4) is 0 Å². The Morgan fingerprint density at radius 2 is 1.73 bits per heavy atom. The number of non-ortho nitro benzene ring substituents is 1. The molecule has 174 valence electrons. The lowest BCUT2D eigenvalue weighted by Crippen LogP contribution is -2.46. The number of anilines is 1. The minimum atomic E-state index is -1.13. The molecule has 0 bridgehead atoms. The molecule has 0 saturated carbocycles. The van der Waals surface area contributed by atoms with Gasteiger partial charge in [0.25, 0.3) is 17.5 Å². The molecule has 2 aromatic carbocycles. The van der Waals surface area contributed by atoms with E-state index in [-0.39, 0.29) is 22.1 Å². The molecule has 0 aliphatic rings. The summed E-state index contributed by atoms with van der Waals surface area (Å²) in [7, 11) is 0. The van der Waals surface area contributed by atoms with E-state index in [9.17, 15) is 29.3 Å². The molecular formula is C22H22ClN3O7. The summed E-state index contributed by atoms with van der Waals surface area (Å²) in [5.41, 5.74) is 0.395. The fourth-order valence-electron chi connectivity index (χ4n) is 2.73. The molecule has 2 aromatic rings. The Bertz CT molecular complexity index is 1080. The lowest BCUT2D eigenvalue weighted by atomic mass is 10.0. The zero-order valence-corrected chi connectivity index (χ0v) is 18.8. The molecule has 33 heavy (non-hydrogen) atoms. The summed E-state index contributed by atoms with van der Waals surface area (Å²) in [6.45, 7) is 4.11. The standard InChI is InChI=1S/C22H22ClN3O7/c1-12(2)20(25-21(29)17-10-16(26(31)32)8-9-18(17)23)22(30)33-11-19(28)24-15-6-4-14(5-7-15)13(3)27/h4-10,12,20H,11H2,1-3H3,(H,24,28)(H,25,29)/t20-/m0/s1. The predicted molar refractivity (Wildman–Crippen MR) is 120 cm³/mol. The van der Waals surface area contributed by atoms with Crippen molar-refractivity contribution in [2.75, 3.05) is 11.9 Å². The van der Waals surface area contributed by atoms with Gasteiger partial charge < -0.3 is 15.4 Å².